The lowest BCUT2D eigenvalue weighted by molar-refractivity contribution is 0.0691. The Balaban J connectivity index is 1.59. The molecule has 1 fully saturated rings. The molecule has 22 heavy (non-hydrogen) atoms. The van der Waals surface area contributed by atoms with Gasteiger partial charge in [-0.1, -0.05) is 17.7 Å². The van der Waals surface area contributed by atoms with Crippen LogP contribution in [0, 0.1) is 12.8 Å². The topological polar surface area (TPSA) is 49.5 Å². The molecular formula is C18H24N2O2. The summed E-state index contributed by atoms with van der Waals surface area (Å²) >= 11 is 0. The third kappa shape index (κ3) is 3.57. The molecule has 3 rings (SSSR count). The molecule has 1 aliphatic heterocycles. The Labute approximate surface area is 131 Å². The van der Waals surface area contributed by atoms with Gasteiger partial charge in [0.15, 0.2) is 0 Å². The lowest BCUT2D eigenvalue weighted by Crippen LogP contribution is -2.36. The predicted molar refractivity (Wildman–Crippen MR) is 86.4 cm³/mol. The number of rotatable bonds is 4. The van der Waals surface area contributed by atoms with Crippen molar-refractivity contribution in [2.24, 2.45) is 5.92 Å². The monoisotopic (exact) mass is 300 g/mol. The molecule has 0 aliphatic carbocycles. The first-order chi connectivity index (χ1) is 10.6. The van der Waals surface area contributed by atoms with Gasteiger partial charge < -0.3 is 9.52 Å². The number of aliphatic hydroxyl groups is 1. The second-order valence-electron chi connectivity index (χ2n) is 6.36. The van der Waals surface area contributed by atoms with Crippen LogP contribution in [0.1, 0.15) is 31.0 Å². The molecule has 0 spiro atoms. The molecule has 0 bridgehead atoms. The number of hydrogen-bond acceptors (Lipinski definition) is 4. The van der Waals surface area contributed by atoms with Gasteiger partial charge in [0.2, 0.25) is 5.89 Å². The zero-order valence-corrected chi connectivity index (χ0v) is 13.3. The van der Waals surface area contributed by atoms with Crippen LogP contribution in [0.25, 0.3) is 11.5 Å². The van der Waals surface area contributed by atoms with Crippen molar-refractivity contribution < 1.29 is 9.52 Å². The van der Waals surface area contributed by atoms with Crippen molar-refractivity contribution in [1.29, 1.82) is 0 Å². The minimum atomic E-state index is -0.192. The summed E-state index contributed by atoms with van der Waals surface area (Å²) < 4.78 is 5.61. The van der Waals surface area contributed by atoms with Crippen LogP contribution in [0.2, 0.25) is 0 Å². The van der Waals surface area contributed by atoms with Crippen molar-refractivity contribution in [3.05, 3.63) is 41.8 Å². The van der Waals surface area contributed by atoms with E-state index in [1.54, 1.807) is 6.26 Å². The van der Waals surface area contributed by atoms with Gasteiger partial charge in [-0.25, -0.2) is 4.98 Å². The first-order valence-corrected chi connectivity index (χ1v) is 8.03. The zero-order chi connectivity index (χ0) is 15.5. The molecule has 1 aromatic heterocycles. The van der Waals surface area contributed by atoms with Crippen LogP contribution in [0.3, 0.4) is 0 Å². The highest BCUT2D eigenvalue weighted by Gasteiger charge is 2.23. The average Bonchev–Trinajstić information content (AvgIpc) is 2.97. The van der Waals surface area contributed by atoms with E-state index in [2.05, 4.69) is 28.9 Å². The highest BCUT2D eigenvalue weighted by Crippen LogP contribution is 2.23. The van der Waals surface area contributed by atoms with E-state index in [0.29, 0.717) is 11.8 Å². The standard InChI is InChI=1S/C18H24N2O2/c1-13-3-5-16(6-4-13)18-19-17(12-22-18)11-20-9-7-15(8-10-20)14(2)21/h3-6,12,14-15,21H,7-11H2,1-2H3. The maximum Gasteiger partial charge on any atom is 0.226 e. The van der Waals surface area contributed by atoms with E-state index in [1.807, 2.05) is 19.1 Å². The van der Waals surface area contributed by atoms with Crippen LogP contribution in [0.4, 0.5) is 0 Å². The van der Waals surface area contributed by atoms with Gasteiger partial charge in [0, 0.05) is 12.1 Å². The lowest BCUT2D eigenvalue weighted by Gasteiger charge is -2.32. The summed E-state index contributed by atoms with van der Waals surface area (Å²) in [6.07, 6.45) is 3.68. The smallest absolute Gasteiger partial charge is 0.226 e. The third-order valence-electron chi connectivity index (χ3n) is 4.55. The van der Waals surface area contributed by atoms with Gasteiger partial charge in [-0.05, 0) is 57.8 Å². The summed E-state index contributed by atoms with van der Waals surface area (Å²) in [5.74, 6) is 1.13. The Kier molecular flexibility index (Phi) is 4.60. The summed E-state index contributed by atoms with van der Waals surface area (Å²) in [4.78, 5) is 6.99. The van der Waals surface area contributed by atoms with Crippen LogP contribution in [0.15, 0.2) is 34.9 Å². The maximum atomic E-state index is 9.66. The van der Waals surface area contributed by atoms with Gasteiger partial charge >= 0.3 is 0 Å². The first kappa shape index (κ1) is 15.3. The minimum Gasteiger partial charge on any atom is -0.444 e. The number of aliphatic hydroxyl groups excluding tert-OH is 1. The highest BCUT2D eigenvalue weighted by molar-refractivity contribution is 5.53. The van der Waals surface area contributed by atoms with Crippen molar-refractivity contribution in [2.75, 3.05) is 13.1 Å². The fraction of sp³-hybridized carbons (Fsp3) is 0.500. The molecule has 0 radical (unpaired) electrons. The Morgan fingerprint density at radius 2 is 1.95 bits per heavy atom. The highest BCUT2D eigenvalue weighted by atomic mass is 16.3. The van der Waals surface area contributed by atoms with E-state index in [4.69, 9.17) is 4.42 Å². The fourth-order valence-electron chi connectivity index (χ4n) is 3.03. The quantitative estimate of drug-likeness (QED) is 0.941. The number of piperidine rings is 1. The minimum absolute atomic E-state index is 0.192. The molecule has 1 unspecified atom stereocenters. The molecule has 0 amide bonds. The second kappa shape index (κ2) is 6.63. The SMILES string of the molecule is Cc1ccc(-c2nc(CN3CCC(C(C)O)CC3)co2)cc1. The molecular weight excluding hydrogens is 276 g/mol. The molecule has 4 nitrogen and oxygen atoms in total. The number of likely N-dealkylation sites (tertiary alicyclic amines) is 1. The van der Waals surface area contributed by atoms with Gasteiger partial charge in [0.05, 0.1) is 11.8 Å². The van der Waals surface area contributed by atoms with Crippen molar-refractivity contribution in [1.82, 2.24) is 9.88 Å². The molecule has 118 valence electrons. The van der Waals surface area contributed by atoms with Crippen molar-refractivity contribution in [3.63, 3.8) is 0 Å². The third-order valence-corrected chi connectivity index (χ3v) is 4.55. The van der Waals surface area contributed by atoms with E-state index in [0.717, 1.165) is 43.7 Å². The number of nitrogens with zero attached hydrogens (tertiary/aromatic N) is 2. The normalized spacial score (nSPS) is 18.5. The van der Waals surface area contributed by atoms with Crippen LogP contribution in [-0.4, -0.2) is 34.2 Å². The predicted octanol–water partition coefficient (Wildman–Crippen LogP) is 3.24. The number of aryl methyl sites for hydroxylation is 1. The van der Waals surface area contributed by atoms with Gasteiger partial charge in [-0.15, -0.1) is 0 Å². The molecule has 1 atom stereocenters. The Morgan fingerprint density at radius 3 is 2.59 bits per heavy atom. The fourth-order valence-corrected chi connectivity index (χ4v) is 3.03. The molecule has 2 heterocycles. The van der Waals surface area contributed by atoms with Crippen LogP contribution >= 0.6 is 0 Å². The Morgan fingerprint density at radius 1 is 1.27 bits per heavy atom. The summed E-state index contributed by atoms with van der Waals surface area (Å²) in [7, 11) is 0. The first-order valence-electron chi connectivity index (χ1n) is 8.03. The van der Waals surface area contributed by atoms with Crippen LogP contribution in [-0.2, 0) is 6.54 Å². The maximum absolute atomic E-state index is 9.66. The number of oxazole rings is 1. The summed E-state index contributed by atoms with van der Waals surface area (Å²) in [6.45, 7) is 6.82. The Bertz CT molecular complexity index is 596. The van der Waals surface area contributed by atoms with E-state index in [9.17, 15) is 5.11 Å². The molecule has 1 aliphatic rings. The summed E-state index contributed by atoms with van der Waals surface area (Å²) in [6, 6.07) is 8.22. The van der Waals surface area contributed by atoms with Crippen LogP contribution in [0.5, 0.6) is 0 Å². The molecule has 1 saturated heterocycles. The van der Waals surface area contributed by atoms with E-state index in [-0.39, 0.29) is 6.10 Å². The van der Waals surface area contributed by atoms with Gasteiger partial charge in [-0.3, -0.25) is 4.90 Å². The van der Waals surface area contributed by atoms with Gasteiger partial charge in [0.1, 0.15) is 6.26 Å². The Hall–Kier alpha value is -1.65. The molecule has 2 aromatic rings. The van der Waals surface area contributed by atoms with E-state index >= 15 is 0 Å². The van der Waals surface area contributed by atoms with Gasteiger partial charge in [0.25, 0.3) is 0 Å². The molecule has 0 saturated carbocycles. The largest absolute Gasteiger partial charge is 0.444 e. The van der Waals surface area contributed by atoms with Crippen molar-refractivity contribution in [3.8, 4) is 11.5 Å². The van der Waals surface area contributed by atoms with Crippen molar-refractivity contribution >= 4 is 0 Å². The average molecular weight is 300 g/mol. The second-order valence-corrected chi connectivity index (χ2v) is 6.36. The van der Waals surface area contributed by atoms with Crippen molar-refractivity contribution in [2.45, 2.75) is 39.3 Å². The molecule has 1 aromatic carbocycles. The summed E-state index contributed by atoms with van der Waals surface area (Å²) in [5.41, 5.74) is 3.23. The zero-order valence-electron chi connectivity index (χ0n) is 13.3. The lowest BCUT2D eigenvalue weighted by atomic mass is 9.92. The number of benzene rings is 1. The number of hydrogen-bond donors (Lipinski definition) is 1. The number of aromatic nitrogens is 1. The molecule has 4 heteroatoms. The van der Waals surface area contributed by atoms with Crippen LogP contribution < -0.4 is 0 Å². The molecule has 1 N–H and O–H groups in total. The van der Waals surface area contributed by atoms with Gasteiger partial charge in [-0.2, -0.15) is 0 Å². The van der Waals surface area contributed by atoms with E-state index < -0.39 is 0 Å². The summed E-state index contributed by atoms with van der Waals surface area (Å²) in [5, 5.41) is 9.66. The van der Waals surface area contributed by atoms with E-state index in [1.165, 1.54) is 5.56 Å².